The quantitative estimate of drug-likeness (QED) is 0.227. The first-order valence-corrected chi connectivity index (χ1v) is 10.5. The van der Waals surface area contributed by atoms with E-state index in [0.29, 0.717) is 13.2 Å². The fourth-order valence-electron chi connectivity index (χ4n) is 2.96. The normalized spacial score (nSPS) is 15.7. The molecule has 166 valence electrons. The smallest absolute Gasteiger partial charge is 0.191 e. The molecule has 7 heteroatoms. The highest BCUT2D eigenvalue weighted by Gasteiger charge is 2.10. The highest BCUT2D eigenvalue weighted by molar-refractivity contribution is 14.0. The molecular weight excluding hydrogens is 479 g/mol. The second-order valence-electron chi connectivity index (χ2n) is 8.15. The summed E-state index contributed by atoms with van der Waals surface area (Å²) in [6.45, 7) is 16.3. The van der Waals surface area contributed by atoms with Gasteiger partial charge in [0, 0.05) is 26.2 Å². The number of aliphatic imine (C=N–C) groups is 1. The van der Waals surface area contributed by atoms with Crippen molar-refractivity contribution < 1.29 is 9.47 Å². The van der Waals surface area contributed by atoms with Gasteiger partial charge in [0.25, 0.3) is 0 Å². The molecule has 0 spiro atoms. The molecule has 1 aliphatic heterocycles. The summed E-state index contributed by atoms with van der Waals surface area (Å²) in [5, 5.41) is 6.78. The van der Waals surface area contributed by atoms with Crippen LogP contribution in [0.2, 0.25) is 0 Å². The van der Waals surface area contributed by atoms with Gasteiger partial charge in [-0.15, -0.1) is 24.0 Å². The molecule has 0 amide bonds. The average molecular weight is 518 g/mol. The van der Waals surface area contributed by atoms with E-state index in [1.807, 2.05) is 0 Å². The van der Waals surface area contributed by atoms with E-state index in [1.54, 1.807) is 0 Å². The topological polar surface area (TPSA) is 58.1 Å². The first-order valence-electron chi connectivity index (χ1n) is 10.5. The zero-order valence-electron chi connectivity index (χ0n) is 18.5. The lowest BCUT2D eigenvalue weighted by atomic mass is 10.1. The van der Waals surface area contributed by atoms with Crippen LogP contribution in [0.5, 0.6) is 0 Å². The van der Waals surface area contributed by atoms with Gasteiger partial charge >= 0.3 is 0 Å². The number of hydrogen-bond acceptors (Lipinski definition) is 4. The highest BCUT2D eigenvalue weighted by atomic mass is 127. The molecule has 29 heavy (non-hydrogen) atoms. The number of ether oxygens (including phenoxy) is 2. The third kappa shape index (κ3) is 11.8. The van der Waals surface area contributed by atoms with E-state index in [0.717, 1.165) is 58.3 Å². The van der Waals surface area contributed by atoms with Gasteiger partial charge in [-0.05, 0) is 51.8 Å². The van der Waals surface area contributed by atoms with E-state index in [4.69, 9.17) is 14.5 Å². The number of morpholine rings is 1. The summed E-state index contributed by atoms with van der Waals surface area (Å²) in [5.41, 5.74) is 2.25. The maximum Gasteiger partial charge on any atom is 0.191 e. The van der Waals surface area contributed by atoms with Crippen LogP contribution < -0.4 is 10.6 Å². The minimum absolute atomic E-state index is 0. The molecule has 0 atom stereocenters. The van der Waals surface area contributed by atoms with Crippen LogP contribution >= 0.6 is 24.0 Å². The Morgan fingerprint density at radius 1 is 1.17 bits per heavy atom. The van der Waals surface area contributed by atoms with E-state index >= 15 is 0 Å². The Labute approximate surface area is 193 Å². The van der Waals surface area contributed by atoms with Crippen LogP contribution in [0.1, 0.15) is 45.2 Å². The molecule has 0 aromatic heterocycles. The van der Waals surface area contributed by atoms with Crippen LogP contribution in [0.4, 0.5) is 0 Å². The molecule has 1 fully saturated rings. The number of benzene rings is 1. The Morgan fingerprint density at radius 3 is 2.59 bits per heavy atom. The lowest BCUT2D eigenvalue weighted by Gasteiger charge is -2.26. The first kappa shape index (κ1) is 26.1. The second kappa shape index (κ2) is 14.2. The zero-order chi connectivity index (χ0) is 20.2. The lowest BCUT2D eigenvalue weighted by molar-refractivity contribution is -0.0149. The van der Waals surface area contributed by atoms with Gasteiger partial charge in [0.1, 0.15) is 0 Å². The standard InChI is InChI=1S/C22H38N4O2.HI/c1-5-23-21(24-10-7-11-26-12-14-27-15-13-26)25-17-19-8-6-9-20(16-19)18-28-22(2,3)4;/h6,8-9,16H,5,7,10-15,17-18H2,1-4H3,(H2,23,24,25);1H. The molecule has 0 unspecified atom stereocenters. The minimum atomic E-state index is -0.127. The third-order valence-corrected chi connectivity index (χ3v) is 4.47. The molecule has 1 heterocycles. The second-order valence-corrected chi connectivity index (χ2v) is 8.15. The predicted molar refractivity (Wildman–Crippen MR) is 131 cm³/mol. The Hall–Kier alpha value is -0.900. The maximum absolute atomic E-state index is 5.88. The summed E-state index contributed by atoms with van der Waals surface area (Å²) in [7, 11) is 0. The summed E-state index contributed by atoms with van der Waals surface area (Å²) in [6.07, 6.45) is 1.10. The number of halogens is 1. The van der Waals surface area contributed by atoms with Gasteiger partial charge in [0.15, 0.2) is 5.96 Å². The lowest BCUT2D eigenvalue weighted by Crippen LogP contribution is -2.40. The predicted octanol–water partition coefficient (Wildman–Crippen LogP) is 3.40. The van der Waals surface area contributed by atoms with E-state index < -0.39 is 0 Å². The van der Waals surface area contributed by atoms with Crippen LogP contribution in [0.25, 0.3) is 0 Å². The van der Waals surface area contributed by atoms with E-state index in [9.17, 15) is 0 Å². The average Bonchev–Trinajstić information content (AvgIpc) is 2.68. The number of nitrogens with zero attached hydrogens (tertiary/aromatic N) is 2. The summed E-state index contributed by atoms with van der Waals surface area (Å²) < 4.78 is 11.3. The van der Waals surface area contributed by atoms with Gasteiger partial charge in [-0.1, -0.05) is 24.3 Å². The maximum atomic E-state index is 5.88. The van der Waals surface area contributed by atoms with Crippen LogP contribution in [0.15, 0.2) is 29.3 Å². The van der Waals surface area contributed by atoms with Gasteiger partial charge in [-0.2, -0.15) is 0 Å². The van der Waals surface area contributed by atoms with Crippen molar-refractivity contribution in [2.45, 2.75) is 52.9 Å². The molecule has 0 bridgehead atoms. The SMILES string of the molecule is CCNC(=NCc1cccc(COC(C)(C)C)c1)NCCCN1CCOCC1.I. The van der Waals surface area contributed by atoms with Gasteiger partial charge in [-0.3, -0.25) is 4.90 Å². The van der Waals surface area contributed by atoms with Crippen LogP contribution in [-0.4, -0.2) is 62.4 Å². The molecule has 1 aliphatic rings. The molecule has 1 aromatic rings. The van der Waals surface area contributed by atoms with Crippen molar-refractivity contribution in [2.75, 3.05) is 45.9 Å². The summed E-state index contributed by atoms with van der Waals surface area (Å²) >= 11 is 0. The van der Waals surface area contributed by atoms with Crippen LogP contribution in [-0.2, 0) is 22.6 Å². The fourth-order valence-corrected chi connectivity index (χ4v) is 2.96. The molecule has 2 rings (SSSR count). The van der Waals surface area contributed by atoms with Crippen molar-refractivity contribution in [3.05, 3.63) is 35.4 Å². The van der Waals surface area contributed by atoms with Crippen molar-refractivity contribution in [3.8, 4) is 0 Å². The highest BCUT2D eigenvalue weighted by Crippen LogP contribution is 2.13. The number of hydrogen-bond donors (Lipinski definition) is 2. The molecule has 1 aromatic carbocycles. The van der Waals surface area contributed by atoms with E-state index in [-0.39, 0.29) is 29.6 Å². The van der Waals surface area contributed by atoms with Gasteiger partial charge < -0.3 is 20.1 Å². The molecule has 0 aliphatic carbocycles. The molecular formula is C22H39IN4O2. The Kier molecular flexibility index (Phi) is 12.8. The van der Waals surface area contributed by atoms with Crippen molar-refractivity contribution in [1.82, 2.24) is 15.5 Å². The van der Waals surface area contributed by atoms with Crippen LogP contribution in [0, 0.1) is 0 Å². The number of rotatable bonds is 9. The van der Waals surface area contributed by atoms with Crippen molar-refractivity contribution in [1.29, 1.82) is 0 Å². The fraction of sp³-hybridized carbons (Fsp3) is 0.682. The van der Waals surface area contributed by atoms with E-state index in [1.165, 1.54) is 11.1 Å². The Balaban J connectivity index is 0.00000420. The van der Waals surface area contributed by atoms with Gasteiger partial charge in [-0.25, -0.2) is 4.99 Å². The number of nitrogens with one attached hydrogen (secondary N) is 2. The summed E-state index contributed by atoms with van der Waals surface area (Å²) in [4.78, 5) is 7.20. The summed E-state index contributed by atoms with van der Waals surface area (Å²) in [6, 6.07) is 8.48. The largest absolute Gasteiger partial charge is 0.379 e. The Morgan fingerprint density at radius 2 is 1.90 bits per heavy atom. The molecule has 6 nitrogen and oxygen atoms in total. The Bertz CT molecular complexity index is 599. The minimum Gasteiger partial charge on any atom is -0.379 e. The first-order chi connectivity index (χ1) is 13.5. The van der Waals surface area contributed by atoms with Crippen molar-refractivity contribution in [2.24, 2.45) is 4.99 Å². The van der Waals surface area contributed by atoms with Crippen LogP contribution in [0.3, 0.4) is 0 Å². The molecule has 0 radical (unpaired) electrons. The van der Waals surface area contributed by atoms with E-state index in [2.05, 4.69) is 67.5 Å². The van der Waals surface area contributed by atoms with Crippen molar-refractivity contribution in [3.63, 3.8) is 0 Å². The zero-order valence-corrected chi connectivity index (χ0v) is 20.8. The molecule has 2 N–H and O–H groups in total. The summed E-state index contributed by atoms with van der Waals surface area (Å²) in [5.74, 6) is 0.876. The number of guanidine groups is 1. The van der Waals surface area contributed by atoms with Gasteiger partial charge in [0.2, 0.25) is 0 Å². The monoisotopic (exact) mass is 518 g/mol. The molecule has 0 saturated carbocycles. The molecule has 1 saturated heterocycles. The third-order valence-electron chi connectivity index (χ3n) is 4.47. The van der Waals surface area contributed by atoms with Crippen molar-refractivity contribution >= 4 is 29.9 Å². The van der Waals surface area contributed by atoms with Gasteiger partial charge in [0.05, 0.1) is 32.0 Å².